The molecule has 0 bridgehead atoms. The maximum absolute atomic E-state index is 14.2. The third-order valence-electron chi connectivity index (χ3n) is 9.61. The maximum atomic E-state index is 14.2. The van der Waals surface area contributed by atoms with Crippen molar-refractivity contribution in [3.63, 3.8) is 0 Å². The molecule has 3 aromatic carbocycles. The van der Waals surface area contributed by atoms with Crippen LogP contribution in [0.5, 0.6) is 0 Å². The average molecular weight is 902 g/mol. The summed E-state index contributed by atoms with van der Waals surface area (Å²) in [5.74, 6) is -1.16. The molecular formula is C42H47N8O8PSe. The standard InChI is InChI=1S/C42H47N8O8PSe/c1-7-34-36(58-59(56-23-22-43-6)49(28(2)3)29(4)5)37(60-27-55-24-32-20-14-15-21-33(32)50(53)54)42(57-34)47-26-46-35-38(47)44-25-45-39(35)48(40(51)30-16-10-8-11-17-30)41(52)31-18-12-9-13-19-31/h8-21,25-26,28-29,34,36-37,42H,7,22-24,27H2,1-5H3/t34-,36+,37?,42-,59?/m1/s1. The fourth-order valence-electron chi connectivity index (χ4n) is 6.94. The Morgan fingerprint density at radius 1 is 0.967 bits per heavy atom. The molecule has 2 unspecified atom stereocenters. The molecule has 1 aliphatic rings. The number of carbonyl (C=O) groups is 2. The SMILES string of the molecule is [C-]#[N+]CCOP(O[C@@H]1C([Se]COCc2ccccc2[N+](=O)[O-])[C@H](n2cnc3c(N(C(=O)c4ccccc4)C(=O)c4ccccc4)ncnc32)O[C@@H]1CC)N(C(C)C)C(C)C. The number of nitrogens with zero attached hydrogens (tertiary/aromatic N) is 8. The third kappa shape index (κ3) is 10.1. The van der Waals surface area contributed by atoms with Crippen molar-refractivity contribution >= 4 is 58.0 Å². The van der Waals surface area contributed by atoms with Gasteiger partial charge in [0.25, 0.3) is 0 Å². The molecule has 2 amide bonds. The van der Waals surface area contributed by atoms with Gasteiger partial charge in [-0.3, -0.25) is 0 Å². The molecule has 0 radical (unpaired) electrons. The predicted molar refractivity (Wildman–Crippen MR) is 227 cm³/mol. The Morgan fingerprint density at radius 2 is 1.60 bits per heavy atom. The number of aromatic nitrogens is 4. The van der Waals surface area contributed by atoms with Gasteiger partial charge in [0.05, 0.1) is 0 Å². The van der Waals surface area contributed by atoms with Gasteiger partial charge in [0.15, 0.2) is 0 Å². The number of benzene rings is 3. The van der Waals surface area contributed by atoms with Gasteiger partial charge < -0.3 is 0 Å². The van der Waals surface area contributed by atoms with E-state index in [0.717, 1.165) is 4.90 Å². The van der Waals surface area contributed by atoms with E-state index in [0.29, 0.717) is 17.6 Å². The summed E-state index contributed by atoms with van der Waals surface area (Å²) in [5.41, 5.74) is 1.81. The topological polar surface area (TPSA) is 169 Å². The molecule has 60 heavy (non-hydrogen) atoms. The zero-order valence-corrected chi connectivity index (χ0v) is 36.5. The molecule has 0 spiro atoms. The number of ether oxygens (including phenoxy) is 2. The van der Waals surface area contributed by atoms with Crippen LogP contribution in [-0.2, 0) is 25.1 Å². The molecule has 1 saturated heterocycles. The van der Waals surface area contributed by atoms with Crippen molar-refractivity contribution in [1.29, 1.82) is 0 Å². The number of imide groups is 1. The van der Waals surface area contributed by atoms with E-state index in [9.17, 15) is 19.7 Å². The minimum atomic E-state index is -1.66. The molecular weight excluding hydrogens is 854 g/mol. The Bertz CT molecular complexity index is 2220. The van der Waals surface area contributed by atoms with Crippen LogP contribution in [0.1, 0.15) is 73.5 Å². The Morgan fingerprint density at radius 3 is 2.20 bits per heavy atom. The van der Waals surface area contributed by atoms with Gasteiger partial charge in [-0.25, -0.2) is 0 Å². The Balaban J connectivity index is 1.39. The number of para-hydroxylation sites is 1. The van der Waals surface area contributed by atoms with E-state index < -0.39 is 43.7 Å². The van der Waals surface area contributed by atoms with Crippen molar-refractivity contribution in [3.05, 3.63) is 136 Å². The number of anilines is 1. The molecule has 2 aromatic heterocycles. The molecule has 1 fully saturated rings. The summed E-state index contributed by atoms with van der Waals surface area (Å²) in [7, 11) is -1.66. The van der Waals surface area contributed by atoms with Crippen LogP contribution in [0.15, 0.2) is 97.6 Å². The molecule has 0 saturated carbocycles. The fraction of sp³-hybridized carbons (Fsp3) is 0.381. The summed E-state index contributed by atoms with van der Waals surface area (Å²) in [5, 5.41) is 11.7. The molecule has 3 heterocycles. The van der Waals surface area contributed by atoms with Crippen LogP contribution < -0.4 is 4.90 Å². The fourth-order valence-corrected chi connectivity index (χ4v) is 11.2. The first kappa shape index (κ1) is 44.5. The molecule has 1 aliphatic heterocycles. The monoisotopic (exact) mass is 902 g/mol. The van der Waals surface area contributed by atoms with Gasteiger partial charge >= 0.3 is 358 Å². The number of rotatable bonds is 19. The van der Waals surface area contributed by atoms with E-state index in [4.69, 9.17) is 30.1 Å². The predicted octanol–water partition coefficient (Wildman–Crippen LogP) is 7.86. The molecule has 18 heteroatoms. The van der Waals surface area contributed by atoms with Gasteiger partial charge in [0, 0.05) is 0 Å². The average Bonchev–Trinajstić information content (AvgIpc) is 3.84. The minimum absolute atomic E-state index is 0.00961. The van der Waals surface area contributed by atoms with Gasteiger partial charge in [-0.1, -0.05) is 0 Å². The van der Waals surface area contributed by atoms with Crippen LogP contribution >= 0.6 is 8.53 Å². The van der Waals surface area contributed by atoms with Crippen molar-refractivity contribution in [2.75, 3.05) is 23.6 Å². The Labute approximate surface area is 356 Å². The second-order valence-electron chi connectivity index (χ2n) is 14.2. The zero-order valence-electron chi connectivity index (χ0n) is 33.9. The van der Waals surface area contributed by atoms with E-state index in [1.165, 1.54) is 12.4 Å². The van der Waals surface area contributed by atoms with Crippen molar-refractivity contribution in [3.8, 4) is 0 Å². The second-order valence-corrected chi connectivity index (χ2v) is 18.0. The number of nitro benzene ring substituents is 1. The summed E-state index contributed by atoms with van der Waals surface area (Å²) in [6.45, 7) is 18.1. The second kappa shape index (κ2) is 21.0. The van der Waals surface area contributed by atoms with E-state index in [-0.39, 0.29) is 85.3 Å². The normalized spacial score (nSPS) is 18.2. The van der Waals surface area contributed by atoms with E-state index in [1.54, 1.807) is 89.8 Å². The molecule has 0 aliphatic carbocycles. The molecule has 16 nitrogen and oxygen atoms in total. The molecule has 5 aromatic rings. The van der Waals surface area contributed by atoms with Gasteiger partial charge in [0.1, 0.15) is 0 Å². The van der Waals surface area contributed by atoms with Crippen molar-refractivity contribution in [2.24, 2.45) is 0 Å². The number of nitro groups is 1. The third-order valence-corrected chi connectivity index (χ3v) is 14.2. The first-order valence-electron chi connectivity index (χ1n) is 19.5. The molecule has 5 atom stereocenters. The number of hydrogen-bond donors (Lipinski definition) is 0. The van der Waals surface area contributed by atoms with Gasteiger partial charge in [0.2, 0.25) is 0 Å². The Hall–Kier alpha value is -5.01. The summed E-state index contributed by atoms with van der Waals surface area (Å²) in [6.07, 6.45) is 1.82. The summed E-state index contributed by atoms with van der Waals surface area (Å²) in [6, 6.07) is 23.6. The first-order chi connectivity index (χ1) is 29.0. The van der Waals surface area contributed by atoms with Crippen LogP contribution in [0.2, 0.25) is 4.82 Å². The van der Waals surface area contributed by atoms with Gasteiger partial charge in [-0.2, -0.15) is 0 Å². The summed E-state index contributed by atoms with van der Waals surface area (Å²) < 4.78 is 30.3. The molecule has 0 N–H and O–H groups in total. The number of fused-ring (bicyclic) bond motifs is 1. The number of carbonyl (C=O) groups excluding carboxylic acids is 2. The van der Waals surface area contributed by atoms with Crippen LogP contribution in [0.4, 0.5) is 11.5 Å². The van der Waals surface area contributed by atoms with Crippen molar-refractivity contribution < 1.29 is 33.0 Å². The van der Waals surface area contributed by atoms with Crippen LogP contribution in [-0.4, -0.2) is 98.8 Å². The van der Waals surface area contributed by atoms with Crippen molar-refractivity contribution in [2.45, 2.75) is 83.0 Å². The molecule has 6 rings (SSSR count). The van der Waals surface area contributed by atoms with Crippen LogP contribution in [0.25, 0.3) is 16.0 Å². The van der Waals surface area contributed by atoms with E-state index >= 15 is 0 Å². The van der Waals surface area contributed by atoms with Crippen LogP contribution in [0, 0.1) is 16.7 Å². The van der Waals surface area contributed by atoms with Crippen LogP contribution in [0.3, 0.4) is 0 Å². The quantitative estimate of drug-likeness (QED) is 0.0150. The van der Waals surface area contributed by atoms with E-state index in [1.807, 2.05) is 6.92 Å². The molecule has 314 valence electrons. The number of hydrogen-bond acceptors (Lipinski definition) is 12. The number of amides is 2. The van der Waals surface area contributed by atoms with E-state index in [2.05, 4.69) is 47.2 Å². The van der Waals surface area contributed by atoms with Gasteiger partial charge in [-0.15, -0.1) is 0 Å². The zero-order chi connectivity index (χ0) is 42.8. The van der Waals surface area contributed by atoms with Crippen molar-refractivity contribution in [1.82, 2.24) is 24.2 Å². The first-order valence-corrected chi connectivity index (χ1v) is 22.8. The Kier molecular flexibility index (Phi) is 15.6. The van der Waals surface area contributed by atoms with Gasteiger partial charge in [-0.05, 0) is 0 Å². The summed E-state index contributed by atoms with van der Waals surface area (Å²) >= 11 is -0.369. The summed E-state index contributed by atoms with van der Waals surface area (Å²) in [4.78, 5) is 57.7. The number of imidazole rings is 1.